The molecule has 1 amide bonds. The number of halogens is 2. The summed E-state index contributed by atoms with van der Waals surface area (Å²) in [7, 11) is 0. The van der Waals surface area contributed by atoms with Crippen molar-refractivity contribution in [2.24, 2.45) is 5.73 Å². The second kappa shape index (κ2) is 8.97. The Hall–Kier alpha value is -0.0300. The lowest BCUT2D eigenvalue weighted by atomic mass is 10.3. The van der Waals surface area contributed by atoms with E-state index in [9.17, 15) is 4.79 Å². The van der Waals surface area contributed by atoms with Crippen LogP contribution in [0.4, 0.5) is 0 Å². The normalized spacial score (nSPS) is 15.8. The SMILES string of the molecule is CCCN(CC)CCNC(=O)C1(N)CC1.Cl.Cl. The van der Waals surface area contributed by atoms with Crippen molar-refractivity contribution in [3.8, 4) is 0 Å². The summed E-state index contributed by atoms with van der Waals surface area (Å²) in [5.74, 6) is 0.0232. The highest BCUT2D eigenvalue weighted by atomic mass is 35.5. The number of hydrogen-bond donors (Lipinski definition) is 2. The van der Waals surface area contributed by atoms with Gasteiger partial charge in [0.25, 0.3) is 0 Å². The molecule has 0 spiro atoms. The highest BCUT2D eigenvalue weighted by Gasteiger charge is 2.45. The van der Waals surface area contributed by atoms with E-state index in [1.807, 2.05) is 0 Å². The third-order valence-electron chi connectivity index (χ3n) is 2.94. The van der Waals surface area contributed by atoms with Gasteiger partial charge in [-0.15, -0.1) is 24.8 Å². The van der Waals surface area contributed by atoms with E-state index in [-0.39, 0.29) is 30.7 Å². The van der Waals surface area contributed by atoms with Gasteiger partial charge in [-0.3, -0.25) is 4.79 Å². The Bertz CT molecular complexity index is 223. The van der Waals surface area contributed by atoms with Crippen molar-refractivity contribution in [1.82, 2.24) is 10.2 Å². The second-order valence-electron chi connectivity index (χ2n) is 4.35. The molecule has 1 aliphatic carbocycles. The number of nitrogens with zero attached hydrogens (tertiary/aromatic N) is 1. The van der Waals surface area contributed by atoms with Gasteiger partial charge in [-0.1, -0.05) is 13.8 Å². The molecule has 17 heavy (non-hydrogen) atoms. The van der Waals surface area contributed by atoms with Crippen molar-refractivity contribution < 1.29 is 4.79 Å². The number of rotatable bonds is 7. The Labute approximate surface area is 117 Å². The number of nitrogens with one attached hydrogen (secondary N) is 1. The van der Waals surface area contributed by atoms with Crippen molar-refractivity contribution in [2.75, 3.05) is 26.2 Å². The molecule has 0 atom stereocenters. The molecule has 0 saturated heterocycles. The Morgan fingerprint density at radius 1 is 1.29 bits per heavy atom. The van der Waals surface area contributed by atoms with Crippen LogP contribution in [0.15, 0.2) is 0 Å². The molecule has 3 N–H and O–H groups in total. The van der Waals surface area contributed by atoms with Crippen LogP contribution in [0.2, 0.25) is 0 Å². The molecule has 1 saturated carbocycles. The number of nitrogens with two attached hydrogens (primary N) is 1. The molecule has 0 bridgehead atoms. The molecular weight excluding hydrogens is 261 g/mol. The first-order valence-electron chi connectivity index (χ1n) is 5.92. The van der Waals surface area contributed by atoms with E-state index in [0.717, 1.165) is 38.9 Å². The minimum Gasteiger partial charge on any atom is -0.353 e. The van der Waals surface area contributed by atoms with E-state index in [1.165, 1.54) is 0 Å². The van der Waals surface area contributed by atoms with Gasteiger partial charge in [-0.05, 0) is 32.4 Å². The molecule has 0 aromatic carbocycles. The smallest absolute Gasteiger partial charge is 0.240 e. The maximum absolute atomic E-state index is 11.5. The molecule has 1 rings (SSSR count). The standard InChI is InChI=1S/C11H23N3O.2ClH/c1-3-8-14(4-2)9-7-13-10(15)11(12)5-6-11;;/h3-9,12H2,1-2H3,(H,13,15);2*1H. The third-order valence-corrected chi connectivity index (χ3v) is 2.94. The zero-order chi connectivity index (χ0) is 11.3. The number of likely N-dealkylation sites (N-methyl/N-ethyl adjacent to an activating group) is 1. The summed E-state index contributed by atoms with van der Waals surface area (Å²) in [6.07, 6.45) is 2.83. The molecule has 0 aromatic rings. The van der Waals surface area contributed by atoms with E-state index in [0.29, 0.717) is 6.54 Å². The van der Waals surface area contributed by atoms with Gasteiger partial charge >= 0.3 is 0 Å². The van der Waals surface area contributed by atoms with E-state index < -0.39 is 5.54 Å². The van der Waals surface area contributed by atoms with Gasteiger partial charge in [0.15, 0.2) is 0 Å². The van der Waals surface area contributed by atoms with Crippen LogP contribution >= 0.6 is 24.8 Å². The lowest BCUT2D eigenvalue weighted by Gasteiger charge is -2.20. The third kappa shape index (κ3) is 6.46. The summed E-state index contributed by atoms with van der Waals surface area (Å²) in [6, 6.07) is 0. The molecule has 1 aliphatic rings. The minimum atomic E-state index is -0.526. The van der Waals surface area contributed by atoms with Crippen LogP contribution in [0, 0.1) is 0 Å². The number of carbonyl (C=O) groups excluding carboxylic acids is 1. The van der Waals surface area contributed by atoms with E-state index >= 15 is 0 Å². The molecule has 1 fully saturated rings. The van der Waals surface area contributed by atoms with Crippen LogP contribution in [0.5, 0.6) is 0 Å². The van der Waals surface area contributed by atoms with Gasteiger partial charge in [-0.25, -0.2) is 0 Å². The first-order chi connectivity index (χ1) is 7.12. The van der Waals surface area contributed by atoms with Crippen molar-refractivity contribution in [3.05, 3.63) is 0 Å². The quantitative estimate of drug-likeness (QED) is 0.738. The average molecular weight is 286 g/mol. The monoisotopic (exact) mass is 285 g/mol. The largest absolute Gasteiger partial charge is 0.353 e. The molecule has 0 heterocycles. The number of amides is 1. The van der Waals surface area contributed by atoms with E-state index in [2.05, 4.69) is 24.1 Å². The lowest BCUT2D eigenvalue weighted by molar-refractivity contribution is -0.123. The van der Waals surface area contributed by atoms with Gasteiger partial charge < -0.3 is 16.0 Å². The molecule has 6 heteroatoms. The minimum absolute atomic E-state index is 0. The zero-order valence-electron chi connectivity index (χ0n) is 10.7. The van der Waals surface area contributed by atoms with Crippen molar-refractivity contribution in [1.29, 1.82) is 0 Å². The Balaban J connectivity index is 0. The van der Waals surface area contributed by atoms with E-state index in [1.54, 1.807) is 0 Å². The van der Waals surface area contributed by atoms with Crippen molar-refractivity contribution in [3.63, 3.8) is 0 Å². The Kier molecular flexibility index (Phi) is 10.2. The fourth-order valence-electron chi connectivity index (χ4n) is 1.61. The average Bonchev–Trinajstić information content (AvgIpc) is 2.96. The first kappa shape index (κ1) is 19.3. The maximum Gasteiger partial charge on any atom is 0.240 e. The molecule has 104 valence electrons. The van der Waals surface area contributed by atoms with Gasteiger partial charge in [-0.2, -0.15) is 0 Å². The summed E-state index contributed by atoms with van der Waals surface area (Å²) in [6.45, 7) is 8.08. The Morgan fingerprint density at radius 2 is 1.88 bits per heavy atom. The predicted molar refractivity (Wildman–Crippen MR) is 76.1 cm³/mol. The van der Waals surface area contributed by atoms with E-state index in [4.69, 9.17) is 5.73 Å². The Morgan fingerprint density at radius 3 is 2.29 bits per heavy atom. The van der Waals surface area contributed by atoms with Gasteiger partial charge in [0.1, 0.15) is 0 Å². The molecular formula is C11H25Cl2N3O. The van der Waals surface area contributed by atoms with Gasteiger partial charge in [0, 0.05) is 13.1 Å². The molecule has 0 aliphatic heterocycles. The number of hydrogen-bond acceptors (Lipinski definition) is 3. The summed E-state index contributed by atoms with van der Waals surface area (Å²) < 4.78 is 0. The summed E-state index contributed by atoms with van der Waals surface area (Å²) in [5.41, 5.74) is 5.25. The summed E-state index contributed by atoms with van der Waals surface area (Å²) in [5, 5.41) is 2.90. The highest BCUT2D eigenvalue weighted by molar-refractivity contribution is 5.88. The molecule has 4 nitrogen and oxygen atoms in total. The molecule has 0 radical (unpaired) electrons. The van der Waals surface area contributed by atoms with Crippen LogP contribution in [0.1, 0.15) is 33.1 Å². The zero-order valence-corrected chi connectivity index (χ0v) is 12.3. The van der Waals surface area contributed by atoms with Crippen molar-refractivity contribution >= 4 is 30.7 Å². The highest BCUT2D eigenvalue weighted by Crippen LogP contribution is 2.31. The van der Waals surface area contributed by atoms with Crippen molar-refractivity contribution in [2.45, 2.75) is 38.6 Å². The molecule has 0 aromatic heterocycles. The van der Waals surface area contributed by atoms with Crippen LogP contribution in [-0.2, 0) is 4.79 Å². The van der Waals surface area contributed by atoms with Crippen LogP contribution in [-0.4, -0.2) is 42.5 Å². The van der Waals surface area contributed by atoms with Crippen LogP contribution < -0.4 is 11.1 Å². The lowest BCUT2D eigenvalue weighted by Crippen LogP contribution is -2.45. The van der Waals surface area contributed by atoms with Crippen LogP contribution in [0.3, 0.4) is 0 Å². The topological polar surface area (TPSA) is 58.4 Å². The molecule has 0 unspecified atom stereocenters. The summed E-state index contributed by atoms with van der Waals surface area (Å²) in [4.78, 5) is 13.8. The summed E-state index contributed by atoms with van der Waals surface area (Å²) >= 11 is 0. The van der Waals surface area contributed by atoms with Crippen LogP contribution in [0.25, 0.3) is 0 Å². The first-order valence-corrected chi connectivity index (χ1v) is 5.92. The second-order valence-corrected chi connectivity index (χ2v) is 4.35. The maximum atomic E-state index is 11.5. The van der Waals surface area contributed by atoms with Gasteiger partial charge in [0.2, 0.25) is 5.91 Å². The fourth-order valence-corrected chi connectivity index (χ4v) is 1.61. The fraction of sp³-hybridized carbons (Fsp3) is 0.909. The predicted octanol–water partition coefficient (Wildman–Crippen LogP) is 1.17. The van der Waals surface area contributed by atoms with Gasteiger partial charge in [0.05, 0.1) is 5.54 Å². The number of carbonyl (C=O) groups is 1.